The van der Waals surface area contributed by atoms with Gasteiger partial charge in [-0.05, 0) is 48.6 Å². The Labute approximate surface area is 235 Å². The van der Waals surface area contributed by atoms with Crippen molar-refractivity contribution >= 4 is 35.9 Å². The highest BCUT2D eigenvalue weighted by Gasteiger charge is 2.20. The molecule has 0 fully saturated rings. The second-order valence-electron chi connectivity index (χ2n) is 8.39. The first-order valence-electron chi connectivity index (χ1n) is 12.0. The number of ether oxygens (including phenoxy) is 3. The number of methoxy groups -OCH3 is 2. The summed E-state index contributed by atoms with van der Waals surface area (Å²) in [4.78, 5) is 6.41. The topological polar surface area (TPSA) is 48.8 Å². The van der Waals surface area contributed by atoms with E-state index < -0.39 is 11.6 Å². The van der Waals surface area contributed by atoms with Crippen molar-refractivity contribution < 1.29 is 27.4 Å². The molecule has 0 atom stereocenters. The predicted molar refractivity (Wildman–Crippen MR) is 151 cm³/mol. The van der Waals surface area contributed by atoms with E-state index in [1.165, 1.54) is 24.3 Å². The third-order valence-electron chi connectivity index (χ3n) is 5.93. The van der Waals surface area contributed by atoms with Crippen LogP contribution in [-0.4, -0.2) is 43.2 Å². The Hall–Kier alpha value is -3.44. The number of imidazole rings is 1. The second-order valence-corrected chi connectivity index (χ2v) is 9.78. The molecule has 39 heavy (non-hydrogen) atoms. The number of aromatic nitrogens is 2. The molecule has 0 aliphatic heterocycles. The summed E-state index contributed by atoms with van der Waals surface area (Å²) in [7, 11) is 4.96. The summed E-state index contributed by atoms with van der Waals surface area (Å²) in [6, 6.07) is 13.7. The number of hydrogen-bond acceptors (Lipinski definition) is 7. The molecule has 0 bridgehead atoms. The van der Waals surface area contributed by atoms with Crippen LogP contribution in [-0.2, 0) is 5.75 Å². The minimum atomic E-state index is -0.703. The van der Waals surface area contributed by atoms with E-state index in [0.29, 0.717) is 46.9 Å². The van der Waals surface area contributed by atoms with Gasteiger partial charge in [-0.15, -0.1) is 0 Å². The molecule has 0 amide bonds. The molecule has 1 aromatic heterocycles. The Morgan fingerprint density at radius 1 is 0.949 bits per heavy atom. The number of nitrogens with zero attached hydrogens (tertiary/aromatic N) is 3. The first kappa shape index (κ1) is 28.6. The Kier molecular flexibility index (Phi) is 9.58. The van der Waals surface area contributed by atoms with Gasteiger partial charge in [-0.3, -0.25) is 4.57 Å². The fourth-order valence-corrected chi connectivity index (χ4v) is 4.99. The van der Waals surface area contributed by atoms with Crippen LogP contribution in [0.15, 0.2) is 66.0 Å². The monoisotopic (exact) mass is 575 g/mol. The zero-order chi connectivity index (χ0) is 27.9. The lowest BCUT2D eigenvalue weighted by Gasteiger charge is -2.23. The van der Waals surface area contributed by atoms with Crippen LogP contribution < -0.4 is 19.1 Å². The van der Waals surface area contributed by atoms with Gasteiger partial charge in [-0.1, -0.05) is 11.8 Å². The Morgan fingerprint density at radius 2 is 1.64 bits per heavy atom. The summed E-state index contributed by atoms with van der Waals surface area (Å²) in [5.41, 5.74) is 1.32. The average Bonchev–Trinajstić information content (AvgIpc) is 3.36. The maximum absolute atomic E-state index is 14.8. The molecule has 0 saturated heterocycles. The predicted octanol–water partition coefficient (Wildman–Crippen LogP) is 7.07. The molecule has 0 radical (unpaired) electrons. The highest BCUT2D eigenvalue weighted by molar-refractivity contribution is 7.98. The number of benzene rings is 3. The number of rotatable bonds is 12. The molecule has 4 rings (SSSR count). The summed E-state index contributed by atoms with van der Waals surface area (Å²) in [5.74, 6) is 0.710. The molecule has 206 valence electrons. The zero-order valence-corrected chi connectivity index (χ0v) is 23.4. The van der Waals surface area contributed by atoms with Crippen LogP contribution in [0, 0.1) is 17.5 Å². The molecule has 1 heterocycles. The summed E-state index contributed by atoms with van der Waals surface area (Å²) in [6.07, 6.45) is 2.31. The average molecular weight is 576 g/mol. The third kappa shape index (κ3) is 6.59. The van der Waals surface area contributed by atoms with Crippen molar-refractivity contribution in [3.05, 3.63) is 83.8 Å². The summed E-state index contributed by atoms with van der Waals surface area (Å²) in [5, 5.41) is 0.469. The maximum atomic E-state index is 14.8. The van der Waals surface area contributed by atoms with E-state index in [1.54, 1.807) is 43.2 Å². The number of thioether (sulfide) groups is 1. The summed E-state index contributed by atoms with van der Waals surface area (Å²) < 4.78 is 61.4. The highest BCUT2D eigenvalue weighted by atomic mass is 32.2. The van der Waals surface area contributed by atoms with Crippen molar-refractivity contribution in [1.82, 2.24) is 9.55 Å². The maximum Gasteiger partial charge on any atom is 0.174 e. The summed E-state index contributed by atoms with van der Waals surface area (Å²) >= 11 is 5.26. The van der Waals surface area contributed by atoms with Crippen LogP contribution in [0.5, 0.6) is 17.2 Å². The second kappa shape index (κ2) is 13.1. The van der Waals surface area contributed by atoms with E-state index >= 15 is 0 Å². The first-order chi connectivity index (χ1) is 18.9. The van der Waals surface area contributed by atoms with Crippen LogP contribution in [0.4, 0.5) is 24.7 Å². The lowest BCUT2D eigenvalue weighted by molar-refractivity contribution is 0.315. The minimum Gasteiger partial charge on any atom is -0.493 e. The zero-order valence-electron chi connectivity index (χ0n) is 21.7. The summed E-state index contributed by atoms with van der Waals surface area (Å²) in [6.45, 7) is 0.321. The molecule has 0 unspecified atom stereocenters. The van der Waals surface area contributed by atoms with Gasteiger partial charge < -0.3 is 19.1 Å². The van der Waals surface area contributed by atoms with Crippen molar-refractivity contribution in [1.29, 1.82) is 0 Å². The van der Waals surface area contributed by atoms with Gasteiger partial charge in [0.15, 0.2) is 16.7 Å². The van der Waals surface area contributed by atoms with Gasteiger partial charge in [0.1, 0.15) is 29.0 Å². The van der Waals surface area contributed by atoms with E-state index in [9.17, 15) is 13.2 Å². The van der Waals surface area contributed by atoms with Crippen molar-refractivity contribution in [2.24, 2.45) is 0 Å². The number of hydrogen-bond donors (Lipinski definition) is 1. The van der Waals surface area contributed by atoms with Crippen molar-refractivity contribution in [3.8, 4) is 22.9 Å². The van der Waals surface area contributed by atoms with Crippen molar-refractivity contribution in [2.75, 3.05) is 38.5 Å². The van der Waals surface area contributed by atoms with Gasteiger partial charge in [0, 0.05) is 47.9 Å². The van der Waals surface area contributed by atoms with Crippen LogP contribution in [0.1, 0.15) is 12.0 Å². The minimum absolute atomic E-state index is 0.0215. The molecule has 0 saturated carbocycles. The molecule has 0 aliphatic rings. The number of anilines is 2. The van der Waals surface area contributed by atoms with Crippen LogP contribution in [0.2, 0.25) is 0 Å². The van der Waals surface area contributed by atoms with Crippen molar-refractivity contribution in [3.63, 3.8) is 0 Å². The molecule has 3 aromatic carbocycles. The third-order valence-corrected chi connectivity index (χ3v) is 7.22. The fourth-order valence-electron chi connectivity index (χ4n) is 3.86. The van der Waals surface area contributed by atoms with Gasteiger partial charge in [0.2, 0.25) is 0 Å². The highest BCUT2D eigenvalue weighted by Crippen LogP contribution is 2.37. The van der Waals surface area contributed by atoms with Crippen LogP contribution in [0.3, 0.4) is 0 Å². The molecule has 0 N–H and O–H groups in total. The molecular formula is C28H28F3N3O3S2. The Bertz CT molecular complexity index is 1390. The van der Waals surface area contributed by atoms with Crippen molar-refractivity contribution in [2.45, 2.75) is 17.3 Å². The number of halogens is 3. The van der Waals surface area contributed by atoms with Crippen LogP contribution in [0.25, 0.3) is 5.69 Å². The van der Waals surface area contributed by atoms with E-state index in [-0.39, 0.29) is 22.9 Å². The smallest absolute Gasteiger partial charge is 0.174 e. The Morgan fingerprint density at radius 3 is 2.28 bits per heavy atom. The van der Waals surface area contributed by atoms with Gasteiger partial charge in [0.05, 0.1) is 27.0 Å². The molecule has 0 aliphatic carbocycles. The van der Waals surface area contributed by atoms with Gasteiger partial charge >= 0.3 is 0 Å². The van der Waals surface area contributed by atoms with E-state index in [0.717, 1.165) is 17.4 Å². The molecular weight excluding hydrogens is 547 g/mol. The number of thiol groups is 1. The quantitative estimate of drug-likeness (QED) is 0.111. The normalized spacial score (nSPS) is 10.9. The molecule has 6 nitrogen and oxygen atoms in total. The van der Waals surface area contributed by atoms with Gasteiger partial charge in [0.25, 0.3) is 0 Å². The van der Waals surface area contributed by atoms with Crippen LogP contribution >= 0.6 is 24.4 Å². The lowest BCUT2D eigenvalue weighted by atomic mass is 10.2. The largest absolute Gasteiger partial charge is 0.493 e. The first-order valence-corrected chi connectivity index (χ1v) is 13.6. The fraction of sp³-hybridized carbons (Fsp3) is 0.250. The van der Waals surface area contributed by atoms with E-state index in [2.05, 4.69) is 17.6 Å². The Balaban J connectivity index is 1.66. The van der Waals surface area contributed by atoms with E-state index in [1.807, 2.05) is 24.1 Å². The van der Waals surface area contributed by atoms with E-state index in [4.69, 9.17) is 14.2 Å². The standard InChI is InChI=1S/C28H28F3N3O3S2/c1-33(20-9-10-25(35-2)26(13-20)36-3)27-16-32-28(34(27)19-7-5-18(29)6-8-19)39-17-22-23(30)14-21(15-24(22)31)37-11-4-12-38/h5-10,13-16,38H,4,11-12,17H2,1-3H3. The molecule has 4 aromatic rings. The SMILES string of the molecule is COc1ccc(N(C)c2cnc(SCc3c(F)cc(OCCCS)cc3F)n2-c2ccc(F)cc2)cc1OC. The molecule has 0 spiro atoms. The van der Waals surface area contributed by atoms with Gasteiger partial charge in [-0.25, -0.2) is 18.2 Å². The molecule has 11 heteroatoms. The van der Waals surface area contributed by atoms with Gasteiger partial charge in [-0.2, -0.15) is 12.6 Å². The lowest BCUT2D eigenvalue weighted by Crippen LogP contribution is -2.14.